The summed E-state index contributed by atoms with van der Waals surface area (Å²) in [7, 11) is 0. The molecule has 6 heteroatoms. The fourth-order valence-electron chi connectivity index (χ4n) is 2.51. The van der Waals surface area contributed by atoms with Crippen molar-refractivity contribution in [3.8, 4) is 0 Å². The first kappa shape index (κ1) is 17.6. The number of aromatic nitrogens is 2. The lowest BCUT2D eigenvalue weighted by Crippen LogP contribution is -2.29. The quantitative estimate of drug-likeness (QED) is 0.431. The summed E-state index contributed by atoms with van der Waals surface area (Å²) in [6.45, 7) is 0.902. The van der Waals surface area contributed by atoms with Gasteiger partial charge in [0, 0.05) is 41.7 Å². The summed E-state index contributed by atoms with van der Waals surface area (Å²) < 4.78 is 0. The molecule has 0 spiro atoms. The number of carbonyl (C=O) groups is 2. The lowest BCUT2D eigenvalue weighted by Gasteiger charge is -2.07. The van der Waals surface area contributed by atoms with Gasteiger partial charge in [-0.15, -0.1) is 0 Å². The van der Waals surface area contributed by atoms with Crippen molar-refractivity contribution in [2.75, 3.05) is 18.4 Å². The highest BCUT2D eigenvalue weighted by Gasteiger charge is 2.09. The van der Waals surface area contributed by atoms with E-state index in [0.717, 1.165) is 12.1 Å². The second-order valence-electron chi connectivity index (χ2n) is 5.82. The third kappa shape index (κ3) is 4.87. The lowest BCUT2D eigenvalue weighted by atomic mass is 10.0. The Hall–Kier alpha value is -3.25. The van der Waals surface area contributed by atoms with Crippen LogP contribution in [0.15, 0.2) is 67.1 Å². The molecular weight excluding hydrogens is 328 g/mol. The molecule has 0 saturated heterocycles. The highest BCUT2D eigenvalue weighted by Crippen LogP contribution is 2.13. The molecule has 0 radical (unpaired) electrons. The van der Waals surface area contributed by atoms with Crippen LogP contribution >= 0.6 is 0 Å². The predicted octanol–water partition coefficient (Wildman–Crippen LogP) is 2.41. The number of nitrogens with zero attached hydrogens (tertiary/aromatic N) is 1. The monoisotopic (exact) mass is 348 g/mol. The minimum Gasteiger partial charge on any atom is -0.348 e. The number of aromatic amines is 1. The summed E-state index contributed by atoms with van der Waals surface area (Å²) >= 11 is 0. The molecule has 0 aliphatic heterocycles. The van der Waals surface area contributed by atoms with Crippen LogP contribution in [0.5, 0.6) is 0 Å². The Balaban J connectivity index is 1.46. The zero-order valence-corrected chi connectivity index (χ0v) is 14.2. The van der Waals surface area contributed by atoms with Crippen molar-refractivity contribution < 1.29 is 9.59 Å². The first-order valence-electron chi connectivity index (χ1n) is 8.40. The van der Waals surface area contributed by atoms with Crippen molar-refractivity contribution in [1.29, 1.82) is 0 Å². The van der Waals surface area contributed by atoms with Gasteiger partial charge in [-0.25, -0.2) is 4.98 Å². The number of carbonyl (C=O) groups excluding carboxylic acids is 2. The second kappa shape index (κ2) is 8.73. The van der Waals surface area contributed by atoms with E-state index in [1.54, 1.807) is 48.9 Å². The number of hydrogen-bond donors (Lipinski definition) is 3. The Kier molecular flexibility index (Phi) is 5.90. The fraction of sp³-hybridized carbons (Fsp3) is 0.150. The van der Waals surface area contributed by atoms with Crippen molar-refractivity contribution in [1.82, 2.24) is 15.3 Å². The number of H-pyrrole nitrogens is 1. The largest absolute Gasteiger partial charge is 0.348 e. The third-order valence-electron chi connectivity index (χ3n) is 3.88. The average Bonchev–Trinajstić information content (AvgIpc) is 3.19. The Morgan fingerprint density at radius 1 is 0.962 bits per heavy atom. The van der Waals surface area contributed by atoms with E-state index in [1.165, 1.54) is 0 Å². The number of nitrogens with one attached hydrogen (secondary N) is 3. The zero-order chi connectivity index (χ0) is 18.2. The number of benzene rings is 2. The summed E-state index contributed by atoms with van der Waals surface area (Å²) in [6.07, 6.45) is 4.18. The molecule has 2 aromatic carbocycles. The van der Waals surface area contributed by atoms with E-state index < -0.39 is 0 Å². The van der Waals surface area contributed by atoms with Gasteiger partial charge in [0.1, 0.15) is 0 Å². The fourth-order valence-corrected chi connectivity index (χ4v) is 2.51. The molecule has 0 bridgehead atoms. The van der Waals surface area contributed by atoms with Crippen molar-refractivity contribution in [3.05, 3.63) is 83.9 Å². The van der Waals surface area contributed by atoms with Gasteiger partial charge in [0.25, 0.3) is 0 Å². The van der Waals surface area contributed by atoms with Crippen molar-refractivity contribution in [3.63, 3.8) is 0 Å². The Morgan fingerprint density at radius 2 is 1.69 bits per heavy atom. The molecule has 0 atom stereocenters. The summed E-state index contributed by atoms with van der Waals surface area (Å²) in [6, 6.07) is 16.0. The number of anilines is 1. The molecular formula is C20H20N4O2. The van der Waals surface area contributed by atoms with Crippen LogP contribution in [0.2, 0.25) is 0 Å². The van der Waals surface area contributed by atoms with Crippen LogP contribution in [0, 0.1) is 0 Å². The molecule has 0 saturated carbocycles. The summed E-state index contributed by atoms with van der Waals surface area (Å²) in [5, 5.41) is 5.89. The second-order valence-corrected chi connectivity index (χ2v) is 5.82. The standard InChI is InChI=1S/C20H20N4O2/c25-19(13-21-11-10-18-12-22-14-23-18)24-17-8-6-16(7-9-17)20(26)15-4-2-1-3-5-15/h1-9,12,14,21H,10-11,13H2,(H,22,23)(H,24,25). The maximum Gasteiger partial charge on any atom is 0.238 e. The molecule has 1 aromatic heterocycles. The number of imidazole rings is 1. The zero-order valence-electron chi connectivity index (χ0n) is 14.2. The summed E-state index contributed by atoms with van der Waals surface area (Å²) in [5.41, 5.74) is 2.92. The van der Waals surface area contributed by atoms with Crippen LogP contribution in [-0.4, -0.2) is 34.7 Å². The summed E-state index contributed by atoms with van der Waals surface area (Å²) in [5.74, 6) is -0.166. The van der Waals surface area contributed by atoms with E-state index in [0.29, 0.717) is 23.4 Å². The molecule has 1 amide bonds. The minimum atomic E-state index is -0.128. The molecule has 26 heavy (non-hydrogen) atoms. The van der Waals surface area contributed by atoms with Crippen LogP contribution in [0.25, 0.3) is 0 Å². The van der Waals surface area contributed by atoms with Gasteiger partial charge >= 0.3 is 0 Å². The number of ketones is 1. The first-order valence-corrected chi connectivity index (χ1v) is 8.40. The van der Waals surface area contributed by atoms with Gasteiger partial charge in [-0.1, -0.05) is 30.3 Å². The number of hydrogen-bond acceptors (Lipinski definition) is 4. The smallest absolute Gasteiger partial charge is 0.238 e. The number of amides is 1. The molecule has 1 heterocycles. The molecule has 6 nitrogen and oxygen atoms in total. The Morgan fingerprint density at radius 3 is 2.38 bits per heavy atom. The van der Waals surface area contributed by atoms with Crippen LogP contribution in [0.4, 0.5) is 5.69 Å². The van der Waals surface area contributed by atoms with Crippen molar-refractivity contribution >= 4 is 17.4 Å². The highest BCUT2D eigenvalue weighted by atomic mass is 16.2. The highest BCUT2D eigenvalue weighted by molar-refractivity contribution is 6.09. The van der Waals surface area contributed by atoms with E-state index >= 15 is 0 Å². The van der Waals surface area contributed by atoms with E-state index in [4.69, 9.17) is 0 Å². The van der Waals surface area contributed by atoms with Gasteiger partial charge in [0.2, 0.25) is 5.91 Å². The van der Waals surface area contributed by atoms with Crippen molar-refractivity contribution in [2.45, 2.75) is 6.42 Å². The molecule has 0 aliphatic carbocycles. The van der Waals surface area contributed by atoms with E-state index in [1.807, 2.05) is 18.2 Å². The van der Waals surface area contributed by atoms with Gasteiger partial charge in [0.15, 0.2) is 5.78 Å². The Bertz CT molecular complexity index is 843. The minimum absolute atomic E-state index is 0.0380. The normalized spacial score (nSPS) is 10.5. The summed E-state index contributed by atoms with van der Waals surface area (Å²) in [4.78, 5) is 31.3. The topological polar surface area (TPSA) is 86.9 Å². The maximum absolute atomic E-state index is 12.3. The molecule has 3 N–H and O–H groups in total. The van der Waals surface area contributed by atoms with E-state index in [2.05, 4.69) is 20.6 Å². The molecule has 3 rings (SSSR count). The third-order valence-corrected chi connectivity index (χ3v) is 3.88. The lowest BCUT2D eigenvalue weighted by molar-refractivity contribution is -0.115. The van der Waals surface area contributed by atoms with Crippen molar-refractivity contribution in [2.24, 2.45) is 0 Å². The van der Waals surface area contributed by atoms with E-state index in [-0.39, 0.29) is 18.2 Å². The number of rotatable bonds is 8. The van der Waals surface area contributed by atoms with Gasteiger partial charge in [-0.2, -0.15) is 0 Å². The van der Waals surface area contributed by atoms with Gasteiger partial charge in [0.05, 0.1) is 12.9 Å². The molecule has 3 aromatic rings. The molecule has 0 aliphatic rings. The van der Waals surface area contributed by atoms with Crippen LogP contribution in [0.3, 0.4) is 0 Å². The average molecular weight is 348 g/mol. The molecule has 0 unspecified atom stereocenters. The maximum atomic E-state index is 12.3. The SMILES string of the molecule is O=C(CNCCc1cnc[nH]1)Nc1ccc(C(=O)c2ccccc2)cc1. The van der Waals surface area contributed by atoms with Gasteiger partial charge < -0.3 is 15.6 Å². The van der Waals surface area contributed by atoms with Crippen LogP contribution in [-0.2, 0) is 11.2 Å². The van der Waals surface area contributed by atoms with E-state index in [9.17, 15) is 9.59 Å². The van der Waals surface area contributed by atoms with Crippen LogP contribution < -0.4 is 10.6 Å². The first-order chi connectivity index (χ1) is 12.7. The molecule has 132 valence electrons. The Labute approximate surface area is 151 Å². The predicted molar refractivity (Wildman–Crippen MR) is 100 cm³/mol. The van der Waals surface area contributed by atoms with Gasteiger partial charge in [-0.05, 0) is 24.3 Å². The molecule has 0 fully saturated rings. The van der Waals surface area contributed by atoms with Crippen LogP contribution in [0.1, 0.15) is 21.6 Å². The van der Waals surface area contributed by atoms with Gasteiger partial charge in [-0.3, -0.25) is 9.59 Å².